The first-order chi connectivity index (χ1) is 8.19. The highest BCUT2D eigenvalue weighted by Gasteiger charge is 2.02. The van der Waals surface area contributed by atoms with Gasteiger partial charge in [-0.15, -0.1) is 0 Å². The second-order valence-corrected chi connectivity index (χ2v) is 4.23. The number of hydrogen-bond donors (Lipinski definition) is 2. The molecule has 1 aromatic heterocycles. The summed E-state index contributed by atoms with van der Waals surface area (Å²) in [5.74, 6) is 0.938. The number of aryl methyl sites for hydroxylation is 1. The average Bonchev–Trinajstić information content (AvgIpc) is 2.68. The molecule has 0 aliphatic rings. The zero-order chi connectivity index (χ0) is 12.3. The molecule has 2 rings (SSSR count). The van der Waals surface area contributed by atoms with Crippen molar-refractivity contribution in [2.75, 3.05) is 6.54 Å². The molecular weight excluding hydrogens is 212 g/mol. The predicted molar refractivity (Wildman–Crippen MR) is 67.6 cm³/mol. The lowest BCUT2D eigenvalue weighted by molar-refractivity contribution is 0.641. The summed E-state index contributed by atoms with van der Waals surface area (Å²) >= 11 is 0. The standard InChI is InChI=1S/C13H16N4/c1-9(8-14)15-6-5-11-3-4-12-13(7-11)17-10(2)16-12/h3-4,7,9,15H,5-6H2,1-2H3,(H,16,17). The normalized spacial score (nSPS) is 12.5. The molecule has 88 valence electrons. The van der Waals surface area contributed by atoms with Crippen LogP contribution in [0.4, 0.5) is 0 Å². The second kappa shape index (κ2) is 4.98. The van der Waals surface area contributed by atoms with Crippen LogP contribution >= 0.6 is 0 Å². The van der Waals surface area contributed by atoms with Crippen LogP contribution in [0.5, 0.6) is 0 Å². The number of fused-ring (bicyclic) bond motifs is 1. The Hall–Kier alpha value is -1.86. The zero-order valence-electron chi connectivity index (χ0n) is 10.1. The molecule has 0 saturated heterocycles. The van der Waals surface area contributed by atoms with E-state index in [-0.39, 0.29) is 6.04 Å². The van der Waals surface area contributed by atoms with Gasteiger partial charge >= 0.3 is 0 Å². The summed E-state index contributed by atoms with van der Waals surface area (Å²) in [6.07, 6.45) is 0.917. The number of H-pyrrole nitrogens is 1. The number of hydrogen-bond acceptors (Lipinski definition) is 3. The average molecular weight is 228 g/mol. The van der Waals surface area contributed by atoms with Crippen molar-refractivity contribution in [3.05, 3.63) is 29.6 Å². The highest BCUT2D eigenvalue weighted by molar-refractivity contribution is 5.75. The first kappa shape index (κ1) is 11.6. The number of aromatic amines is 1. The van der Waals surface area contributed by atoms with Crippen LogP contribution in [0, 0.1) is 18.3 Å². The molecule has 0 aliphatic heterocycles. The van der Waals surface area contributed by atoms with E-state index in [0.717, 1.165) is 29.8 Å². The van der Waals surface area contributed by atoms with Crippen LogP contribution in [0.3, 0.4) is 0 Å². The van der Waals surface area contributed by atoms with Crippen molar-refractivity contribution in [1.82, 2.24) is 15.3 Å². The van der Waals surface area contributed by atoms with Crippen molar-refractivity contribution in [2.45, 2.75) is 26.3 Å². The molecule has 4 heteroatoms. The van der Waals surface area contributed by atoms with Crippen molar-refractivity contribution in [3.63, 3.8) is 0 Å². The van der Waals surface area contributed by atoms with Crippen LogP contribution in [0.25, 0.3) is 11.0 Å². The van der Waals surface area contributed by atoms with Gasteiger partial charge in [0, 0.05) is 6.54 Å². The van der Waals surface area contributed by atoms with Gasteiger partial charge in [-0.05, 0) is 38.0 Å². The fourth-order valence-corrected chi connectivity index (χ4v) is 1.82. The van der Waals surface area contributed by atoms with Gasteiger partial charge in [0.1, 0.15) is 5.82 Å². The van der Waals surface area contributed by atoms with Crippen molar-refractivity contribution in [3.8, 4) is 6.07 Å². The first-order valence-corrected chi connectivity index (χ1v) is 5.77. The number of aromatic nitrogens is 2. The number of imidazole rings is 1. The highest BCUT2D eigenvalue weighted by Crippen LogP contribution is 2.13. The maximum absolute atomic E-state index is 8.65. The van der Waals surface area contributed by atoms with Crippen LogP contribution < -0.4 is 5.32 Å². The van der Waals surface area contributed by atoms with Crippen LogP contribution in [-0.2, 0) is 6.42 Å². The molecule has 1 unspecified atom stereocenters. The molecule has 1 heterocycles. The van der Waals surface area contributed by atoms with Gasteiger partial charge in [-0.25, -0.2) is 4.98 Å². The van der Waals surface area contributed by atoms with Crippen LogP contribution in [0.15, 0.2) is 18.2 Å². The Labute approximate surface area is 101 Å². The fourth-order valence-electron chi connectivity index (χ4n) is 1.82. The maximum Gasteiger partial charge on any atom is 0.104 e. The molecular formula is C13H16N4. The molecule has 17 heavy (non-hydrogen) atoms. The minimum atomic E-state index is -0.0897. The third kappa shape index (κ3) is 2.83. The van der Waals surface area contributed by atoms with E-state index in [0.29, 0.717) is 0 Å². The molecule has 1 atom stereocenters. The van der Waals surface area contributed by atoms with E-state index in [9.17, 15) is 0 Å². The van der Waals surface area contributed by atoms with Gasteiger partial charge in [0.2, 0.25) is 0 Å². The van der Waals surface area contributed by atoms with Gasteiger partial charge in [0.15, 0.2) is 0 Å². The third-order valence-corrected chi connectivity index (χ3v) is 2.72. The van der Waals surface area contributed by atoms with Gasteiger partial charge in [-0.3, -0.25) is 0 Å². The number of nitrogens with one attached hydrogen (secondary N) is 2. The lowest BCUT2D eigenvalue weighted by Crippen LogP contribution is -2.26. The monoisotopic (exact) mass is 228 g/mol. The lowest BCUT2D eigenvalue weighted by Gasteiger charge is -2.05. The quantitative estimate of drug-likeness (QED) is 0.840. The van der Waals surface area contributed by atoms with Gasteiger partial charge < -0.3 is 10.3 Å². The molecule has 2 aromatic rings. The molecule has 4 nitrogen and oxygen atoms in total. The minimum Gasteiger partial charge on any atom is -0.342 e. The molecule has 1 aromatic carbocycles. The van der Waals surface area contributed by atoms with E-state index in [1.165, 1.54) is 5.56 Å². The van der Waals surface area contributed by atoms with Gasteiger partial charge in [-0.1, -0.05) is 6.07 Å². The van der Waals surface area contributed by atoms with Gasteiger partial charge in [-0.2, -0.15) is 5.26 Å². The molecule has 0 saturated carbocycles. The Kier molecular flexibility index (Phi) is 3.40. The van der Waals surface area contributed by atoms with E-state index >= 15 is 0 Å². The number of nitrogens with zero attached hydrogens (tertiary/aromatic N) is 2. The van der Waals surface area contributed by atoms with Crippen LogP contribution in [0.2, 0.25) is 0 Å². The molecule has 0 aliphatic carbocycles. The minimum absolute atomic E-state index is 0.0897. The Morgan fingerprint density at radius 1 is 1.53 bits per heavy atom. The Morgan fingerprint density at radius 2 is 2.35 bits per heavy atom. The predicted octanol–water partition coefficient (Wildman–Crippen LogP) is 1.92. The molecule has 0 amide bonds. The van der Waals surface area contributed by atoms with Gasteiger partial charge in [0.05, 0.1) is 23.1 Å². The Morgan fingerprint density at radius 3 is 3.12 bits per heavy atom. The zero-order valence-corrected chi connectivity index (χ0v) is 10.1. The summed E-state index contributed by atoms with van der Waals surface area (Å²) in [4.78, 5) is 7.59. The molecule has 0 spiro atoms. The molecule has 0 fully saturated rings. The Balaban J connectivity index is 2.02. The molecule has 2 N–H and O–H groups in total. The summed E-state index contributed by atoms with van der Waals surface area (Å²) in [5, 5.41) is 11.8. The fraction of sp³-hybridized carbons (Fsp3) is 0.385. The van der Waals surface area contributed by atoms with E-state index < -0.39 is 0 Å². The summed E-state index contributed by atoms with van der Waals surface area (Å²) in [6.45, 7) is 4.63. The smallest absolute Gasteiger partial charge is 0.104 e. The van der Waals surface area contributed by atoms with E-state index in [1.54, 1.807) is 0 Å². The third-order valence-electron chi connectivity index (χ3n) is 2.72. The maximum atomic E-state index is 8.65. The summed E-state index contributed by atoms with van der Waals surface area (Å²) in [5.41, 5.74) is 3.33. The summed E-state index contributed by atoms with van der Waals surface area (Å²) < 4.78 is 0. The number of benzene rings is 1. The van der Waals surface area contributed by atoms with E-state index in [2.05, 4.69) is 33.5 Å². The topological polar surface area (TPSA) is 64.5 Å². The van der Waals surface area contributed by atoms with E-state index in [4.69, 9.17) is 5.26 Å². The lowest BCUT2D eigenvalue weighted by atomic mass is 10.1. The van der Waals surface area contributed by atoms with Crippen molar-refractivity contribution in [2.24, 2.45) is 0 Å². The highest BCUT2D eigenvalue weighted by atomic mass is 14.9. The Bertz CT molecular complexity index is 550. The van der Waals surface area contributed by atoms with Crippen LogP contribution in [-0.4, -0.2) is 22.6 Å². The second-order valence-electron chi connectivity index (χ2n) is 4.23. The van der Waals surface area contributed by atoms with Crippen LogP contribution in [0.1, 0.15) is 18.3 Å². The molecule has 0 radical (unpaired) electrons. The van der Waals surface area contributed by atoms with E-state index in [1.807, 2.05) is 19.9 Å². The van der Waals surface area contributed by atoms with Crippen molar-refractivity contribution < 1.29 is 0 Å². The SMILES string of the molecule is Cc1nc2ccc(CCNC(C)C#N)cc2[nH]1. The molecule has 0 bridgehead atoms. The summed E-state index contributed by atoms with van der Waals surface area (Å²) in [7, 11) is 0. The van der Waals surface area contributed by atoms with Crippen molar-refractivity contribution in [1.29, 1.82) is 5.26 Å². The largest absolute Gasteiger partial charge is 0.342 e. The van der Waals surface area contributed by atoms with Crippen molar-refractivity contribution >= 4 is 11.0 Å². The number of nitriles is 1. The number of rotatable bonds is 4. The summed E-state index contributed by atoms with van der Waals surface area (Å²) in [6, 6.07) is 8.30. The first-order valence-electron chi connectivity index (χ1n) is 5.77. The van der Waals surface area contributed by atoms with Gasteiger partial charge in [0.25, 0.3) is 0 Å².